The fourth-order valence-electron chi connectivity index (χ4n) is 3.52. The number of carbonyl (C=O) groups is 1. The molecule has 1 N–H and O–H groups in total. The summed E-state index contributed by atoms with van der Waals surface area (Å²) in [5.74, 6) is -0.0965. The van der Waals surface area contributed by atoms with Gasteiger partial charge in [-0.05, 0) is 52.0 Å². The van der Waals surface area contributed by atoms with Gasteiger partial charge >= 0.3 is 0 Å². The summed E-state index contributed by atoms with van der Waals surface area (Å²) >= 11 is 0. The van der Waals surface area contributed by atoms with Crippen LogP contribution in [0.25, 0.3) is 28.2 Å². The summed E-state index contributed by atoms with van der Waals surface area (Å²) < 4.78 is 1.92. The number of benzene rings is 3. The zero-order valence-electron chi connectivity index (χ0n) is 18.4. The van der Waals surface area contributed by atoms with Gasteiger partial charge in [0, 0.05) is 22.2 Å². The zero-order chi connectivity index (χ0) is 22.0. The first kappa shape index (κ1) is 20.6. The lowest BCUT2D eigenvalue weighted by Crippen LogP contribution is -2.40. The summed E-state index contributed by atoms with van der Waals surface area (Å²) in [5.41, 5.74) is 6.09. The number of carbonyl (C=O) groups excluding carboxylic acids is 1. The number of nitrogens with zero attached hydrogens (tertiary/aromatic N) is 2. The summed E-state index contributed by atoms with van der Waals surface area (Å²) in [6.07, 6.45) is 0. The van der Waals surface area contributed by atoms with Gasteiger partial charge in [-0.1, -0.05) is 66.2 Å². The van der Waals surface area contributed by atoms with Crippen molar-refractivity contribution < 1.29 is 4.79 Å². The lowest BCUT2D eigenvalue weighted by molar-refractivity contribution is 0.0920. The van der Waals surface area contributed by atoms with E-state index in [1.807, 2.05) is 80.1 Å². The van der Waals surface area contributed by atoms with Crippen LogP contribution < -0.4 is 5.32 Å². The van der Waals surface area contributed by atoms with E-state index in [1.165, 1.54) is 5.56 Å². The van der Waals surface area contributed by atoms with E-state index in [0.717, 1.165) is 28.2 Å². The number of nitrogens with one attached hydrogen (secondary N) is 1. The monoisotopic (exact) mass is 409 g/mol. The van der Waals surface area contributed by atoms with Gasteiger partial charge in [0.05, 0.1) is 17.1 Å². The fraction of sp³-hybridized carbons (Fsp3) is 0.185. The molecule has 4 heteroatoms. The SMILES string of the molecule is Cc1ccc(-c2cc(-c3ccccc3C(=O)NC(C)(C)C)n(-c3ccccc3)n2)cc1. The van der Waals surface area contributed by atoms with E-state index >= 15 is 0 Å². The smallest absolute Gasteiger partial charge is 0.252 e. The van der Waals surface area contributed by atoms with Gasteiger partial charge in [-0.15, -0.1) is 0 Å². The van der Waals surface area contributed by atoms with Gasteiger partial charge in [-0.25, -0.2) is 4.68 Å². The van der Waals surface area contributed by atoms with Crippen LogP contribution in [0.4, 0.5) is 0 Å². The molecule has 3 aromatic carbocycles. The number of aryl methyl sites for hydroxylation is 1. The summed E-state index contributed by atoms with van der Waals surface area (Å²) in [4.78, 5) is 13.1. The molecule has 1 amide bonds. The first-order valence-corrected chi connectivity index (χ1v) is 10.5. The normalized spacial score (nSPS) is 11.4. The standard InChI is InChI=1S/C27H27N3O/c1-19-14-16-20(17-15-19)24-18-25(30(29-24)21-10-6-5-7-11-21)22-12-8-9-13-23(22)26(31)28-27(2,3)4/h5-18H,1-4H3,(H,28,31). The van der Waals surface area contributed by atoms with Crippen LogP contribution in [0.1, 0.15) is 36.7 Å². The van der Waals surface area contributed by atoms with E-state index in [9.17, 15) is 4.79 Å². The Morgan fingerprint density at radius 2 is 1.52 bits per heavy atom. The first-order chi connectivity index (χ1) is 14.8. The van der Waals surface area contributed by atoms with Crippen LogP contribution in [0.2, 0.25) is 0 Å². The van der Waals surface area contributed by atoms with Crippen LogP contribution in [0.5, 0.6) is 0 Å². The number of hydrogen-bond acceptors (Lipinski definition) is 2. The van der Waals surface area contributed by atoms with Crippen LogP contribution >= 0.6 is 0 Å². The quantitative estimate of drug-likeness (QED) is 0.446. The molecule has 0 fully saturated rings. The molecule has 0 atom stereocenters. The summed E-state index contributed by atoms with van der Waals surface area (Å²) in [6, 6.07) is 28.1. The van der Waals surface area contributed by atoms with Crippen molar-refractivity contribution in [2.75, 3.05) is 0 Å². The summed E-state index contributed by atoms with van der Waals surface area (Å²) in [7, 11) is 0. The van der Waals surface area contributed by atoms with Crippen molar-refractivity contribution in [3.05, 3.63) is 96.1 Å². The molecule has 0 aliphatic heterocycles. The Kier molecular flexibility index (Phi) is 5.47. The van der Waals surface area contributed by atoms with Crippen LogP contribution in [0.15, 0.2) is 84.9 Å². The third-order valence-electron chi connectivity index (χ3n) is 4.99. The maximum Gasteiger partial charge on any atom is 0.252 e. The van der Waals surface area contributed by atoms with Crippen molar-refractivity contribution in [2.45, 2.75) is 33.2 Å². The van der Waals surface area contributed by atoms with Crippen molar-refractivity contribution in [1.82, 2.24) is 15.1 Å². The van der Waals surface area contributed by atoms with Gasteiger partial charge < -0.3 is 5.32 Å². The molecule has 4 aromatic rings. The number of aromatic nitrogens is 2. The molecule has 156 valence electrons. The van der Waals surface area contributed by atoms with E-state index in [-0.39, 0.29) is 11.4 Å². The van der Waals surface area contributed by atoms with Crippen LogP contribution in [-0.2, 0) is 0 Å². The lowest BCUT2D eigenvalue weighted by Gasteiger charge is -2.21. The maximum absolute atomic E-state index is 13.1. The molecule has 0 bridgehead atoms. The number of hydrogen-bond donors (Lipinski definition) is 1. The molecule has 4 rings (SSSR count). The Hall–Kier alpha value is -3.66. The molecule has 0 aliphatic rings. The van der Waals surface area contributed by atoms with E-state index in [4.69, 9.17) is 5.10 Å². The van der Waals surface area contributed by atoms with E-state index in [1.54, 1.807) is 0 Å². The number of para-hydroxylation sites is 1. The molecule has 4 nitrogen and oxygen atoms in total. The molecule has 0 aliphatic carbocycles. The minimum Gasteiger partial charge on any atom is -0.347 e. The van der Waals surface area contributed by atoms with E-state index in [0.29, 0.717) is 5.56 Å². The highest BCUT2D eigenvalue weighted by atomic mass is 16.1. The molecule has 31 heavy (non-hydrogen) atoms. The Morgan fingerprint density at radius 3 is 2.19 bits per heavy atom. The van der Waals surface area contributed by atoms with Crippen LogP contribution in [0.3, 0.4) is 0 Å². The van der Waals surface area contributed by atoms with Crippen LogP contribution in [0, 0.1) is 6.92 Å². The minimum atomic E-state index is -0.322. The second-order valence-electron chi connectivity index (χ2n) is 8.78. The highest BCUT2D eigenvalue weighted by molar-refractivity contribution is 6.01. The average Bonchev–Trinajstić information content (AvgIpc) is 3.19. The van der Waals surface area contributed by atoms with E-state index < -0.39 is 0 Å². The minimum absolute atomic E-state index is 0.0965. The van der Waals surface area contributed by atoms with Gasteiger partial charge in [0.2, 0.25) is 0 Å². The van der Waals surface area contributed by atoms with Crippen molar-refractivity contribution in [2.24, 2.45) is 0 Å². The van der Waals surface area contributed by atoms with Gasteiger partial charge in [0.15, 0.2) is 0 Å². The molecule has 1 heterocycles. The highest BCUT2D eigenvalue weighted by Gasteiger charge is 2.21. The summed E-state index contributed by atoms with van der Waals surface area (Å²) in [5, 5.41) is 8.00. The van der Waals surface area contributed by atoms with Crippen molar-refractivity contribution in [3.63, 3.8) is 0 Å². The number of amides is 1. The van der Waals surface area contributed by atoms with Gasteiger partial charge in [0.25, 0.3) is 5.91 Å². The van der Waals surface area contributed by atoms with E-state index in [2.05, 4.69) is 42.6 Å². The summed E-state index contributed by atoms with van der Waals surface area (Å²) in [6.45, 7) is 8.02. The Balaban J connectivity index is 1.89. The molecule has 0 saturated heterocycles. The molecule has 0 spiro atoms. The largest absolute Gasteiger partial charge is 0.347 e. The predicted molar refractivity (Wildman–Crippen MR) is 126 cm³/mol. The molecular formula is C27H27N3O. The van der Waals surface area contributed by atoms with Crippen molar-refractivity contribution in [3.8, 4) is 28.2 Å². The van der Waals surface area contributed by atoms with Crippen molar-refractivity contribution >= 4 is 5.91 Å². The zero-order valence-corrected chi connectivity index (χ0v) is 18.4. The number of rotatable bonds is 4. The average molecular weight is 410 g/mol. The fourth-order valence-corrected chi connectivity index (χ4v) is 3.52. The third-order valence-corrected chi connectivity index (χ3v) is 4.99. The lowest BCUT2D eigenvalue weighted by atomic mass is 10.0. The van der Waals surface area contributed by atoms with Crippen molar-refractivity contribution in [1.29, 1.82) is 0 Å². The first-order valence-electron chi connectivity index (χ1n) is 10.5. The van der Waals surface area contributed by atoms with Gasteiger partial charge in [0.1, 0.15) is 0 Å². The molecule has 0 saturated carbocycles. The third kappa shape index (κ3) is 4.58. The van der Waals surface area contributed by atoms with Crippen LogP contribution in [-0.4, -0.2) is 21.2 Å². The Bertz CT molecular complexity index is 1200. The Morgan fingerprint density at radius 1 is 0.871 bits per heavy atom. The van der Waals surface area contributed by atoms with Gasteiger partial charge in [-0.3, -0.25) is 4.79 Å². The second kappa shape index (κ2) is 8.23. The molecule has 0 radical (unpaired) electrons. The molecular weight excluding hydrogens is 382 g/mol. The molecule has 0 unspecified atom stereocenters. The predicted octanol–water partition coefficient (Wildman–Crippen LogP) is 6.04. The van der Waals surface area contributed by atoms with Gasteiger partial charge in [-0.2, -0.15) is 5.10 Å². The maximum atomic E-state index is 13.1. The highest BCUT2D eigenvalue weighted by Crippen LogP contribution is 2.31. The Labute approximate surface area is 183 Å². The molecule has 1 aromatic heterocycles. The second-order valence-corrected chi connectivity index (χ2v) is 8.78. The topological polar surface area (TPSA) is 46.9 Å².